The van der Waals surface area contributed by atoms with Crippen LogP contribution in [0.5, 0.6) is 11.5 Å². The summed E-state index contributed by atoms with van der Waals surface area (Å²) in [6, 6.07) is 4.98. The SMILES string of the molecule is COc1cc(CNC(=O)[C@@H]2CCN(C(=O)OC3CCC(C(C)(C)C)CC3)C2)ccc1O. The Labute approximate surface area is 185 Å². The van der Waals surface area contributed by atoms with Gasteiger partial charge in [-0.15, -0.1) is 0 Å². The lowest BCUT2D eigenvalue weighted by atomic mass is 9.72. The first-order valence-electron chi connectivity index (χ1n) is 11.3. The van der Waals surface area contributed by atoms with Gasteiger partial charge < -0.3 is 24.8 Å². The number of likely N-dealkylation sites (tertiary alicyclic amines) is 1. The second kappa shape index (κ2) is 9.79. The summed E-state index contributed by atoms with van der Waals surface area (Å²) in [4.78, 5) is 26.8. The normalized spacial score (nSPS) is 24.0. The molecule has 1 aliphatic heterocycles. The van der Waals surface area contributed by atoms with Gasteiger partial charge in [0.15, 0.2) is 11.5 Å². The van der Waals surface area contributed by atoms with Crippen molar-refractivity contribution in [2.24, 2.45) is 17.3 Å². The van der Waals surface area contributed by atoms with Crippen LogP contribution in [0, 0.1) is 17.3 Å². The maximum atomic E-state index is 12.6. The molecular weight excluding hydrogens is 396 g/mol. The van der Waals surface area contributed by atoms with E-state index >= 15 is 0 Å². The summed E-state index contributed by atoms with van der Waals surface area (Å²) in [5, 5.41) is 12.6. The molecule has 2 N–H and O–H groups in total. The highest BCUT2D eigenvalue weighted by molar-refractivity contribution is 5.80. The number of hydrogen-bond acceptors (Lipinski definition) is 5. The van der Waals surface area contributed by atoms with E-state index < -0.39 is 0 Å². The maximum Gasteiger partial charge on any atom is 0.410 e. The molecule has 7 nitrogen and oxygen atoms in total. The van der Waals surface area contributed by atoms with Gasteiger partial charge >= 0.3 is 6.09 Å². The van der Waals surface area contributed by atoms with Crippen molar-refractivity contribution >= 4 is 12.0 Å². The Morgan fingerprint density at radius 2 is 1.87 bits per heavy atom. The second-order valence-electron chi connectivity index (χ2n) is 9.88. The minimum atomic E-state index is -0.294. The number of nitrogens with zero attached hydrogens (tertiary/aromatic N) is 1. The molecule has 2 amide bonds. The quantitative estimate of drug-likeness (QED) is 0.732. The van der Waals surface area contributed by atoms with Gasteiger partial charge in [0.1, 0.15) is 6.10 Å². The molecule has 2 fully saturated rings. The Bertz CT molecular complexity index is 781. The van der Waals surface area contributed by atoms with E-state index in [0.29, 0.717) is 43.1 Å². The first-order chi connectivity index (χ1) is 14.7. The van der Waals surface area contributed by atoms with E-state index in [4.69, 9.17) is 9.47 Å². The molecule has 1 aromatic carbocycles. The average Bonchev–Trinajstić information content (AvgIpc) is 3.23. The predicted octanol–water partition coefficient (Wildman–Crippen LogP) is 4.08. The van der Waals surface area contributed by atoms with Crippen molar-refractivity contribution in [3.63, 3.8) is 0 Å². The Balaban J connectivity index is 1.42. The lowest BCUT2D eigenvalue weighted by Crippen LogP contribution is -2.37. The van der Waals surface area contributed by atoms with Crippen molar-refractivity contribution in [1.82, 2.24) is 10.2 Å². The Hall–Kier alpha value is -2.44. The van der Waals surface area contributed by atoms with Gasteiger partial charge in [0, 0.05) is 19.6 Å². The fourth-order valence-corrected chi connectivity index (χ4v) is 4.57. The molecule has 3 rings (SSSR count). The predicted molar refractivity (Wildman–Crippen MR) is 118 cm³/mol. The van der Waals surface area contributed by atoms with Crippen LogP contribution in [-0.4, -0.2) is 48.3 Å². The van der Waals surface area contributed by atoms with Gasteiger partial charge in [0.05, 0.1) is 13.0 Å². The van der Waals surface area contributed by atoms with Crippen molar-refractivity contribution in [2.45, 2.75) is 65.5 Å². The van der Waals surface area contributed by atoms with E-state index in [2.05, 4.69) is 26.1 Å². The number of aromatic hydroxyl groups is 1. The molecule has 1 aromatic rings. The van der Waals surface area contributed by atoms with Gasteiger partial charge in [-0.3, -0.25) is 4.79 Å². The first kappa shape index (κ1) is 23.2. The number of rotatable bonds is 5. The number of methoxy groups -OCH3 is 1. The van der Waals surface area contributed by atoms with Gasteiger partial charge in [-0.25, -0.2) is 4.79 Å². The number of ether oxygens (including phenoxy) is 2. The van der Waals surface area contributed by atoms with Gasteiger partial charge in [-0.05, 0) is 61.1 Å². The van der Waals surface area contributed by atoms with Crippen LogP contribution in [0.4, 0.5) is 4.79 Å². The maximum absolute atomic E-state index is 12.6. The smallest absolute Gasteiger partial charge is 0.410 e. The van der Waals surface area contributed by atoms with Crippen molar-refractivity contribution in [3.8, 4) is 11.5 Å². The summed E-state index contributed by atoms with van der Waals surface area (Å²) in [5.41, 5.74) is 1.14. The van der Waals surface area contributed by atoms with Crippen LogP contribution < -0.4 is 10.1 Å². The summed E-state index contributed by atoms with van der Waals surface area (Å²) < 4.78 is 10.8. The average molecular weight is 433 g/mol. The molecule has 1 atom stereocenters. The Kier molecular flexibility index (Phi) is 7.34. The number of carbonyl (C=O) groups excluding carboxylic acids is 2. The number of phenolic OH excluding ortho intramolecular Hbond substituents is 1. The lowest BCUT2D eigenvalue weighted by Gasteiger charge is -2.37. The molecule has 0 radical (unpaired) electrons. The van der Waals surface area contributed by atoms with Crippen LogP contribution in [0.2, 0.25) is 0 Å². The molecule has 0 spiro atoms. The van der Waals surface area contributed by atoms with Gasteiger partial charge in [0.2, 0.25) is 5.91 Å². The first-order valence-corrected chi connectivity index (χ1v) is 11.3. The summed E-state index contributed by atoms with van der Waals surface area (Å²) in [5.74, 6) is 0.805. The van der Waals surface area contributed by atoms with E-state index in [1.165, 1.54) is 7.11 Å². The summed E-state index contributed by atoms with van der Waals surface area (Å²) in [6.45, 7) is 8.10. The van der Waals surface area contributed by atoms with Gasteiger partial charge in [-0.2, -0.15) is 0 Å². The molecule has 1 saturated heterocycles. The van der Waals surface area contributed by atoms with E-state index in [-0.39, 0.29) is 29.8 Å². The molecule has 2 aliphatic rings. The second-order valence-corrected chi connectivity index (χ2v) is 9.88. The van der Waals surface area contributed by atoms with Crippen molar-refractivity contribution in [1.29, 1.82) is 0 Å². The van der Waals surface area contributed by atoms with E-state index in [9.17, 15) is 14.7 Å². The monoisotopic (exact) mass is 432 g/mol. The number of benzene rings is 1. The summed E-state index contributed by atoms with van der Waals surface area (Å²) in [7, 11) is 1.49. The highest BCUT2D eigenvalue weighted by Gasteiger charge is 2.35. The third kappa shape index (κ3) is 6.05. The van der Waals surface area contributed by atoms with Crippen LogP contribution in [0.15, 0.2) is 18.2 Å². The Morgan fingerprint density at radius 1 is 1.16 bits per heavy atom. The summed E-state index contributed by atoms with van der Waals surface area (Å²) in [6.07, 6.45) is 4.35. The van der Waals surface area contributed by atoms with Crippen LogP contribution in [0.25, 0.3) is 0 Å². The highest BCUT2D eigenvalue weighted by Crippen LogP contribution is 2.38. The van der Waals surface area contributed by atoms with Crippen LogP contribution in [0.3, 0.4) is 0 Å². The fourth-order valence-electron chi connectivity index (χ4n) is 4.57. The topological polar surface area (TPSA) is 88.1 Å². The van der Waals surface area contributed by atoms with Gasteiger partial charge in [-0.1, -0.05) is 26.8 Å². The van der Waals surface area contributed by atoms with E-state index in [1.54, 1.807) is 23.1 Å². The number of nitrogens with one attached hydrogen (secondary N) is 1. The molecule has 1 saturated carbocycles. The zero-order valence-corrected chi connectivity index (χ0v) is 19.1. The number of carbonyl (C=O) groups is 2. The minimum Gasteiger partial charge on any atom is -0.504 e. The fraction of sp³-hybridized carbons (Fsp3) is 0.667. The van der Waals surface area contributed by atoms with Gasteiger partial charge in [0.25, 0.3) is 0 Å². The third-order valence-corrected chi connectivity index (χ3v) is 6.69. The molecule has 0 bridgehead atoms. The van der Waals surface area contributed by atoms with E-state index in [1.807, 2.05) is 0 Å². The van der Waals surface area contributed by atoms with Crippen molar-refractivity contribution in [3.05, 3.63) is 23.8 Å². The number of amides is 2. The molecule has 1 heterocycles. The highest BCUT2D eigenvalue weighted by atomic mass is 16.6. The van der Waals surface area contributed by atoms with Crippen molar-refractivity contribution < 1.29 is 24.2 Å². The molecule has 7 heteroatoms. The number of phenols is 1. The zero-order valence-electron chi connectivity index (χ0n) is 19.1. The standard InChI is InChI=1S/C24H36N2O5/c1-24(2,3)18-6-8-19(9-7-18)31-23(29)26-12-11-17(15-26)22(28)25-14-16-5-10-20(27)21(13-16)30-4/h5,10,13,17-19,27H,6-9,11-12,14-15H2,1-4H3,(H,25,28)/t17-,18?,19?/m1/s1. The zero-order chi connectivity index (χ0) is 22.6. The largest absolute Gasteiger partial charge is 0.504 e. The lowest BCUT2D eigenvalue weighted by molar-refractivity contribution is -0.124. The van der Waals surface area contributed by atoms with Crippen molar-refractivity contribution in [2.75, 3.05) is 20.2 Å². The van der Waals surface area contributed by atoms with Crippen LogP contribution in [0.1, 0.15) is 58.4 Å². The van der Waals surface area contributed by atoms with Crippen LogP contribution in [-0.2, 0) is 16.1 Å². The molecule has 0 unspecified atom stereocenters. The summed E-state index contributed by atoms with van der Waals surface area (Å²) >= 11 is 0. The third-order valence-electron chi connectivity index (χ3n) is 6.69. The molecule has 172 valence electrons. The molecule has 0 aromatic heterocycles. The molecule has 31 heavy (non-hydrogen) atoms. The molecular formula is C24H36N2O5. The minimum absolute atomic E-state index is 0.0107. The Morgan fingerprint density at radius 3 is 2.52 bits per heavy atom. The van der Waals surface area contributed by atoms with E-state index in [0.717, 1.165) is 31.2 Å². The molecule has 1 aliphatic carbocycles. The number of hydrogen-bond donors (Lipinski definition) is 2. The van der Waals surface area contributed by atoms with Crippen LogP contribution >= 0.6 is 0 Å².